The van der Waals surface area contributed by atoms with E-state index in [2.05, 4.69) is 13.8 Å². The van der Waals surface area contributed by atoms with E-state index in [1.54, 1.807) is 0 Å². The van der Waals surface area contributed by atoms with Crippen LogP contribution in [0.15, 0.2) is 0 Å². The van der Waals surface area contributed by atoms with Gasteiger partial charge in [-0.25, -0.2) is 0 Å². The molecule has 0 aromatic heterocycles. The second-order valence-corrected chi connectivity index (χ2v) is 2.73. The van der Waals surface area contributed by atoms with Crippen LogP contribution in [0, 0.1) is 0 Å². The van der Waals surface area contributed by atoms with E-state index in [0.717, 1.165) is 26.1 Å². The lowest BCUT2D eigenvalue weighted by Crippen LogP contribution is -2.34. The first-order valence-corrected chi connectivity index (χ1v) is 4.10. The van der Waals surface area contributed by atoms with E-state index < -0.39 is 0 Å². The van der Waals surface area contributed by atoms with E-state index in [1.807, 2.05) is 0 Å². The summed E-state index contributed by atoms with van der Waals surface area (Å²) < 4.78 is 11.0. The smallest absolute Gasteiger partial charge is 0.0807 e. The van der Waals surface area contributed by atoms with E-state index in [9.17, 15) is 0 Å². The average Bonchev–Trinajstić information content (AvgIpc) is 2.05. The third-order valence-corrected chi connectivity index (χ3v) is 1.95. The Bertz CT molecular complexity index is 73.3. The third kappa shape index (κ3) is 1.96. The van der Waals surface area contributed by atoms with Crippen LogP contribution in [0.5, 0.6) is 0 Å². The quantitative estimate of drug-likeness (QED) is 0.586. The lowest BCUT2D eigenvalue weighted by atomic mass is 10.2. The molecule has 2 nitrogen and oxygen atoms in total. The Labute approximate surface area is 62.5 Å². The Kier molecular flexibility index (Phi) is 3.16. The summed E-state index contributed by atoms with van der Waals surface area (Å²) in [5.41, 5.74) is 0. The van der Waals surface area contributed by atoms with Gasteiger partial charge in [-0.2, -0.15) is 0 Å². The summed E-state index contributed by atoms with van der Waals surface area (Å²) in [6.45, 7) is 5.82. The Morgan fingerprint density at radius 1 is 1.00 bits per heavy atom. The van der Waals surface area contributed by atoms with Gasteiger partial charge in [-0.1, -0.05) is 13.8 Å². The van der Waals surface area contributed by atoms with Gasteiger partial charge in [0, 0.05) is 0 Å². The summed E-state index contributed by atoms with van der Waals surface area (Å²) in [5.74, 6) is 0. The second kappa shape index (κ2) is 3.94. The van der Waals surface area contributed by atoms with Crippen molar-refractivity contribution in [3.63, 3.8) is 0 Å². The maximum Gasteiger partial charge on any atom is 0.0807 e. The fourth-order valence-electron chi connectivity index (χ4n) is 1.05. The lowest BCUT2D eigenvalue weighted by molar-refractivity contribution is -0.133. The van der Waals surface area contributed by atoms with Crippen LogP contribution in [-0.2, 0) is 9.47 Å². The fourth-order valence-corrected chi connectivity index (χ4v) is 1.05. The number of hydrogen-bond acceptors (Lipinski definition) is 2. The van der Waals surface area contributed by atoms with Gasteiger partial charge in [0.1, 0.15) is 0 Å². The molecule has 1 aliphatic rings. The molecule has 1 rings (SSSR count). The Hall–Kier alpha value is -0.0800. The third-order valence-electron chi connectivity index (χ3n) is 1.95. The Morgan fingerprint density at radius 2 is 1.40 bits per heavy atom. The molecule has 0 saturated carbocycles. The van der Waals surface area contributed by atoms with Gasteiger partial charge in [0.15, 0.2) is 0 Å². The van der Waals surface area contributed by atoms with Crippen molar-refractivity contribution in [3.05, 3.63) is 0 Å². The molecule has 0 aromatic rings. The topological polar surface area (TPSA) is 18.5 Å². The van der Waals surface area contributed by atoms with Crippen LogP contribution in [0.2, 0.25) is 0 Å². The molecule has 0 aromatic carbocycles. The molecule has 60 valence electrons. The van der Waals surface area contributed by atoms with Crippen molar-refractivity contribution < 1.29 is 9.47 Å². The first-order chi connectivity index (χ1) is 4.86. The summed E-state index contributed by atoms with van der Waals surface area (Å²) in [6, 6.07) is 0. The van der Waals surface area contributed by atoms with Gasteiger partial charge < -0.3 is 9.47 Å². The van der Waals surface area contributed by atoms with Gasteiger partial charge in [0.25, 0.3) is 0 Å². The van der Waals surface area contributed by atoms with E-state index in [4.69, 9.17) is 9.47 Å². The monoisotopic (exact) mass is 144 g/mol. The summed E-state index contributed by atoms with van der Waals surface area (Å²) in [5, 5.41) is 0. The lowest BCUT2D eigenvalue weighted by Gasteiger charge is -2.28. The maximum atomic E-state index is 5.51. The maximum absolute atomic E-state index is 5.51. The largest absolute Gasteiger partial charge is 0.373 e. The standard InChI is InChI=1S/C8H16O2/c1-3-7-5-10-8(4-2)6-9-7/h7-8H,3-6H2,1-2H3/t7-,8-/m1/s1. The van der Waals surface area contributed by atoms with Crippen molar-refractivity contribution in [2.24, 2.45) is 0 Å². The van der Waals surface area contributed by atoms with Crippen molar-refractivity contribution in [2.75, 3.05) is 13.2 Å². The van der Waals surface area contributed by atoms with Gasteiger partial charge in [-0.15, -0.1) is 0 Å². The van der Waals surface area contributed by atoms with Crippen LogP contribution in [0.1, 0.15) is 26.7 Å². The molecule has 0 unspecified atom stereocenters. The number of rotatable bonds is 2. The number of ether oxygens (including phenoxy) is 2. The highest BCUT2D eigenvalue weighted by atomic mass is 16.6. The highest BCUT2D eigenvalue weighted by molar-refractivity contribution is 4.64. The van der Waals surface area contributed by atoms with Crippen molar-refractivity contribution in [1.82, 2.24) is 0 Å². The molecule has 0 N–H and O–H groups in total. The van der Waals surface area contributed by atoms with Crippen molar-refractivity contribution >= 4 is 0 Å². The SMILES string of the molecule is CC[C@@H]1CO[C@H](CC)CO1. The van der Waals surface area contributed by atoms with Gasteiger partial charge in [0.2, 0.25) is 0 Å². The minimum atomic E-state index is 0.350. The van der Waals surface area contributed by atoms with Crippen molar-refractivity contribution in [1.29, 1.82) is 0 Å². The second-order valence-electron chi connectivity index (χ2n) is 2.73. The molecule has 0 amide bonds. The first-order valence-electron chi connectivity index (χ1n) is 4.10. The summed E-state index contributed by atoms with van der Waals surface area (Å²) >= 11 is 0. The molecule has 10 heavy (non-hydrogen) atoms. The molecular formula is C8H16O2. The van der Waals surface area contributed by atoms with Crippen LogP contribution < -0.4 is 0 Å². The van der Waals surface area contributed by atoms with E-state index >= 15 is 0 Å². The molecule has 0 aliphatic carbocycles. The Balaban J connectivity index is 2.17. The van der Waals surface area contributed by atoms with Gasteiger partial charge in [0.05, 0.1) is 25.4 Å². The van der Waals surface area contributed by atoms with Crippen LogP contribution in [0.25, 0.3) is 0 Å². The van der Waals surface area contributed by atoms with Crippen LogP contribution >= 0.6 is 0 Å². The molecule has 0 radical (unpaired) electrons. The normalized spacial score (nSPS) is 34.2. The van der Waals surface area contributed by atoms with Crippen LogP contribution in [0.3, 0.4) is 0 Å². The molecule has 1 fully saturated rings. The highest BCUT2D eigenvalue weighted by Crippen LogP contribution is 2.11. The van der Waals surface area contributed by atoms with Crippen LogP contribution in [-0.4, -0.2) is 25.4 Å². The predicted octanol–water partition coefficient (Wildman–Crippen LogP) is 1.59. The molecule has 1 heterocycles. The molecule has 0 spiro atoms. The van der Waals surface area contributed by atoms with Gasteiger partial charge >= 0.3 is 0 Å². The molecular weight excluding hydrogens is 128 g/mol. The zero-order valence-corrected chi connectivity index (χ0v) is 6.80. The highest BCUT2D eigenvalue weighted by Gasteiger charge is 2.18. The van der Waals surface area contributed by atoms with Gasteiger partial charge in [-0.3, -0.25) is 0 Å². The summed E-state index contributed by atoms with van der Waals surface area (Å²) in [7, 11) is 0. The average molecular weight is 144 g/mol. The molecule has 1 saturated heterocycles. The summed E-state index contributed by atoms with van der Waals surface area (Å²) in [4.78, 5) is 0. The Morgan fingerprint density at radius 3 is 1.60 bits per heavy atom. The fraction of sp³-hybridized carbons (Fsp3) is 1.00. The number of hydrogen-bond donors (Lipinski definition) is 0. The minimum absolute atomic E-state index is 0.350. The molecule has 1 aliphatic heterocycles. The van der Waals surface area contributed by atoms with Crippen molar-refractivity contribution in [2.45, 2.75) is 38.9 Å². The zero-order valence-electron chi connectivity index (χ0n) is 6.80. The van der Waals surface area contributed by atoms with E-state index in [-0.39, 0.29) is 0 Å². The molecule has 0 bridgehead atoms. The van der Waals surface area contributed by atoms with Gasteiger partial charge in [-0.05, 0) is 12.8 Å². The summed E-state index contributed by atoms with van der Waals surface area (Å²) in [6.07, 6.45) is 2.83. The first kappa shape index (κ1) is 8.02. The van der Waals surface area contributed by atoms with E-state index in [1.165, 1.54) is 0 Å². The predicted molar refractivity (Wildman–Crippen MR) is 40.1 cm³/mol. The zero-order chi connectivity index (χ0) is 7.40. The molecule has 2 atom stereocenters. The minimum Gasteiger partial charge on any atom is -0.373 e. The molecule has 2 heteroatoms. The van der Waals surface area contributed by atoms with E-state index in [0.29, 0.717) is 12.2 Å². The van der Waals surface area contributed by atoms with Crippen molar-refractivity contribution in [3.8, 4) is 0 Å². The van der Waals surface area contributed by atoms with Crippen LogP contribution in [0.4, 0.5) is 0 Å².